The molecule has 0 bridgehead atoms. The van der Waals surface area contributed by atoms with Gasteiger partial charge < -0.3 is 29.8 Å². The van der Waals surface area contributed by atoms with Crippen LogP contribution in [-0.2, 0) is 23.1 Å². The van der Waals surface area contributed by atoms with Crippen LogP contribution in [-0.4, -0.2) is 76.8 Å². The zero-order valence-corrected chi connectivity index (χ0v) is 20.3. The lowest BCUT2D eigenvalue weighted by Crippen LogP contribution is -2.39. The zero-order chi connectivity index (χ0) is 27.1. The second-order valence-corrected chi connectivity index (χ2v) is 9.98. The van der Waals surface area contributed by atoms with Crippen molar-refractivity contribution in [2.45, 2.75) is 56.6 Å². The largest absolute Gasteiger partial charge is 0.472 e. The van der Waals surface area contributed by atoms with Gasteiger partial charge in [-0.3, -0.25) is 33.4 Å². The average Bonchev–Trinajstić information content (AvgIpc) is 3.41. The van der Waals surface area contributed by atoms with Gasteiger partial charge in [0, 0.05) is 36.9 Å². The number of hydrogen-bond acceptors (Lipinski definition) is 12. The van der Waals surface area contributed by atoms with Crippen molar-refractivity contribution in [1.82, 2.24) is 18.8 Å². The lowest BCUT2D eigenvalue weighted by molar-refractivity contribution is -0.0583. The summed E-state index contributed by atoms with van der Waals surface area (Å²) in [6, 6.07) is 1.12. The lowest BCUT2D eigenvalue weighted by atomic mass is 10.2. The highest BCUT2D eigenvalue weighted by molar-refractivity contribution is 7.47. The molecule has 1 unspecified atom stereocenters. The minimum atomic E-state index is -4.80. The first kappa shape index (κ1) is 27.2. The van der Waals surface area contributed by atoms with Crippen molar-refractivity contribution < 1.29 is 43.4 Å². The van der Waals surface area contributed by atoms with E-state index in [1.54, 1.807) is 0 Å². The van der Waals surface area contributed by atoms with E-state index >= 15 is 0 Å². The summed E-state index contributed by atoms with van der Waals surface area (Å²) in [5, 5.41) is 37.0. The number of nitrogens with zero attached hydrogens (tertiary/aromatic N) is 3. The molecule has 4 rings (SSSR count). The first-order chi connectivity index (χ1) is 17.4. The smallest absolute Gasteiger partial charge is 0.422 e. The van der Waals surface area contributed by atoms with E-state index in [9.17, 15) is 39.3 Å². The molecule has 0 spiro atoms. The molecule has 2 saturated heterocycles. The van der Waals surface area contributed by atoms with Gasteiger partial charge in [-0.25, -0.2) is 14.2 Å². The van der Waals surface area contributed by atoms with Gasteiger partial charge in [0.2, 0.25) is 0 Å². The van der Waals surface area contributed by atoms with Crippen LogP contribution in [0.2, 0.25) is 0 Å². The molecule has 7 atom stereocenters. The summed E-state index contributed by atoms with van der Waals surface area (Å²) in [4.78, 5) is 48.2. The van der Waals surface area contributed by atoms with E-state index in [1.165, 1.54) is 19.3 Å². The Morgan fingerprint density at radius 1 is 1.19 bits per heavy atom. The molecule has 204 valence electrons. The summed E-state index contributed by atoms with van der Waals surface area (Å²) in [5.74, 6) is 0. The predicted octanol–water partition coefficient (Wildman–Crippen LogP) is -2.34. The van der Waals surface area contributed by atoms with E-state index in [1.807, 2.05) is 0 Å². The maximum absolute atomic E-state index is 12.6. The summed E-state index contributed by atoms with van der Waals surface area (Å²) < 4.78 is 35.9. The van der Waals surface area contributed by atoms with Crippen LogP contribution >= 0.6 is 7.82 Å². The van der Waals surface area contributed by atoms with Crippen LogP contribution in [0.1, 0.15) is 30.9 Å². The molecule has 0 amide bonds. The van der Waals surface area contributed by atoms with Gasteiger partial charge in [0.05, 0.1) is 19.3 Å². The molecule has 0 saturated carbocycles. The number of aromatic amines is 1. The maximum atomic E-state index is 12.6. The molecule has 2 aliphatic rings. The summed E-state index contributed by atoms with van der Waals surface area (Å²) in [5.41, 5.74) is -2.55. The van der Waals surface area contributed by atoms with Crippen LogP contribution in [0.15, 0.2) is 32.8 Å². The van der Waals surface area contributed by atoms with Crippen LogP contribution < -0.4 is 22.4 Å². The monoisotopic (exact) mass is 547 g/mol. The zero-order valence-electron chi connectivity index (χ0n) is 19.4. The van der Waals surface area contributed by atoms with Crippen LogP contribution in [0.25, 0.3) is 0 Å². The van der Waals surface area contributed by atoms with Crippen LogP contribution in [0, 0.1) is 12.3 Å². The highest BCUT2D eigenvalue weighted by atomic mass is 31.2. The fourth-order valence-corrected chi connectivity index (χ4v) is 5.03. The number of phosphoric ester groups is 1. The Labute approximate surface area is 206 Å². The minimum Gasteiger partial charge on any atom is -0.422 e. The van der Waals surface area contributed by atoms with E-state index in [0.29, 0.717) is 0 Å². The number of rotatable bonds is 8. The Morgan fingerprint density at radius 3 is 2.57 bits per heavy atom. The Balaban J connectivity index is 1.39. The summed E-state index contributed by atoms with van der Waals surface area (Å²) in [7, 11) is -4.80. The maximum Gasteiger partial charge on any atom is 0.472 e. The number of aryl methyl sites for hydroxylation is 1. The highest BCUT2D eigenvalue weighted by Crippen LogP contribution is 2.48. The number of ether oxygens (including phenoxy) is 2. The van der Waals surface area contributed by atoms with E-state index in [-0.39, 0.29) is 23.1 Å². The molecule has 2 fully saturated rings. The number of hydrogen-bond donors (Lipinski definition) is 6. The van der Waals surface area contributed by atoms with Crippen molar-refractivity contribution in [3.63, 3.8) is 0 Å². The fourth-order valence-electron chi connectivity index (χ4n) is 4.07. The molecular formula is C19H26N5O12P. The summed E-state index contributed by atoms with van der Waals surface area (Å²) >= 11 is 0. The number of aromatic nitrogens is 4. The molecular weight excluding hydrogens is 521 g/mol. The molecule has 37 heavy (non-hydrogen) atoms. The van der Waals surface area contributed by atoms with Crippen molar-refractivity contribution in [3.05, 3.63) is 60.8 Å². The Hall–Kier alpha value is -2.89. The third-order valence-electron chi connectivity index (χ3n) is 6.02. The Kier molecular flexibility index (Phi) is 7.68. The van der Waals surface area contributed by atoms with E-state index < -0.39 is 80.3 Å². The first-order valence-corrected chi connectivity index (χ1v) is 12.6. The fraction of sp³-hybridized carbons (Fsp3) is 0.579. The average molecular weight is 547 g/mol. The molecule has 6 N–H and O–H groups in total. The molecule has 2 aromatic rings. The third-order valence-corrected chi connectivity index (χ3v) is 7.04. The Morgan fingerprint density at radius 2 is 1.86 bits per heavy atom. The van der Waals surface area contributed by atoms with Crippen molar-refractivity contribution in [2.24, 2.45) is 0 Å². The number of phosphoric acid groups is 1. The summed E-state index contributed by atoms with van der Waals surface area (Å²) in [6.07, 6.45) is -4.46. The van der Waals surface area contributed by atoms with Gasteiger partial charge in [0.25, 0.3) is 5.56 Å². The number of aliphatic hydroxyl groups excluding tert-OH is 2. The highest BCUT2D eigenvalue weighted by Gasteiger charge is 2.43. The lowest BCUT2D eigenvalue weighted by Gasteiger charge is -2.22. The second-order valence-electron chi connectivity index (χ2n) is 8.57. The van der Waals surface area contributed by atoms with E-state index in [0.717, 1.165) is 15.2 Å². The van der Waals surface area contributed by atoms with Gasteiger partial charge in [-0.05, 0) is 6.92 Å². The molecule has 17 nitrogen and oxygen atoms in total. The van der Waals surface area contributed by atoms with Gasteiger partial charge in [-0.2, -0.15) is 0 Å². The SMILES string of the molecule is Cc1cn([C@H]2C[C@H](O)[C@@H](COP(=O)(O)O[C@H]3C[C@H](n4ccc(=N)n(O)c4=O)O[C@@H]3CO)O2)c(=O)[nH]c1=O. The first-order valence-electron chi connectivity index (χ1n) is 11.1. The van der Waals surface area contributed by atoms with E-state index in [2.05, 4.69) is 4.98 Å². The molecule has 2 aliphatic heterocycles. The Bertz CT molecular complexity index is 1430. The molecule has 0 radical (unpaired) electrons. The normalized spacial score (nSPS) is 29.4. The van der Waals surface area contributed by atoms with E-state index in [4.69, 9.17) is 23.9 Å². The number of aliphatic hydroxyl groups is 2. The second kappa shape index (κ2) is 10.5. The van der Waals surface area contributed by atoms with Crippen molar-refractivity contribution in [2.75, 3.05) is 13.2 Å². The number of nitrogens with one attached hydrogen (secondary N) is 2. The summed E-state index contributed by atoms with van der Waals surface area (Å²) in [6.45, 7) is 0.253. The predicted molar refractivity (Wildman–Crippen MR) is 119 cm³/mol. The van der Waals surface area contributed by atoms with Crippen LogP contribution in [0.5, 0.6) is 0 Å². The van der Waals surface area contributed by atoms with Crippen LogP contribution in [0.4, 0.5) is 0 Å². The quantitative estimate of drug-likeness (QED) is 0.150. The van der Waals surface area contributed by atoms with Gasteiger partial charge >= 0.3 is 19.2 Å². The molecule has 2 aromatic heterocycles. The third kappa shape index (κ3) is 5.68. The standard InChI is InChI=1S/C19H26N5O12P/c1-9-6-23(18(28)21-17(9)27)15-4-10(26)13(35-15)8-33-37(31,32)36-11-5-16(34-12(11)7-25)22-3-2-14(20)24(30)19(22)29/h2-3,6,10-13,15-16,20,25-26,30H,4-5,7-8H2,1H3,(H,31,32)(H,21,27,28)/t10-,11-,12+,13+,15+,16+/m0/s1. The topological polar surface area (TPSA) is 241 Å². The van der Waals surface area contributed by atoms with Crippen LogP contribution in [0.3, 0.4) is 0 Å². The molecule has 0 aromatic carbocycles. The van der Waals surface area contributed by atoms with Gasteiger partial charge in [0.1, 0.15) is 30.8 Å². The van der Waals surface area contributed by atoms with Crippen molar-refractivity contribution >= 4 is 7.82 Å². The van der Waals surface area contributed by atoms with Gasteiger partial charge in [-0.15, -0.1) is 4.73 Å². The molecule has 0 aliphatic carbocycles. The van der Waals surface area contributed by atoms with Crippen molar-refractivity contribution in [1.29, 1.82) is 5.41 Å². The number of H-pyrrole nitrogens is 1. The van der Waals surface area contributed by atoms with Gasteiger partial charge in [0.15, 0.2) is 5.49 Å². The van der Waals surface area contributed by atoms with Gasteiger partial charge in [-0.1, -0.05) is 0 Å². The molecule has 18 heteroatoms. The molecule has 4 heterocycles. The minimum absolute atomic E-state index is 0.0581. The van der Waals surface area contributed by atoms with Crippen molar-refractivity contribution in [3.8, 4) is 0 Å².